The van der Waals surface area contributed by atoms with E-state index < -0.39 is 4.92 Å². The van der Waals surface area contributed by atoms with Gasteiger partial charge in [0.15, 0.2) is 0 Å². The Morgan fingerprint density at radius 2 is 1.79 bits per heavy atom. The number of nitrogens with zero attached hydrogens (tertiary/aromatic N) is 7. The smallest absolute Gasteiger partial charge is 0.287 e. The number of nitro groups is 1. The third kappa shape index (κ3) is 4.19. The Morgan fingerprint density at radius 1 is 1.00 bits per heavy atom. The quantitative estimate of drug-likeness (QED) is 0.275. The van der Waals surface area contributed by atoms with E-state index in [0.29, 0.717) is 12.2 Å². The molecule has 4 rings (SSSR count). The first kappa shape index (κ1) is 18.1. The highest BCUT2D eigenvalue weighted by Gasteiger charge is 2.07. The van der Waals surface area contributed by atoms with Gasteiger partial charge in [0.05, 0.1) is 16.8 Å². The van der Waals surface area contributed by atoms with E-state index in [4.69, 9.17) is 0 Å². The van der Waals surface area contributed by atoms with Gasteiger partial charge >= 0.3 is 0 Å². The van der Waals surface area contributed by atoms with Crippen LogP contribution in [-0.2, 0) is 6.54 Å². The minimum atomic E-state index is -0.424. The van der Waals surface area contributed by atoms with Crippen LogP contribution in [0, 0.1) is 10.1 Å². The fourth-order valence-corrected chi connectivity index (χ4v) is 2.79. The molecule has 0 bridgehead atoms. The van der Waals surface area contributed by atoms with Crippen molar-refractivity contribution in [2.24, 2.45) is 10.2 Å². The standard InChI is InChI=1S/C20H15N7O2/c28-27(29)17-10-8-16(9-11-17)26-12-4-7-18(26)13-21-24-20-23-19(14-22-25-20)15-5-2-1-3-6-15/h1-12,14H,13H2. The van der Waals surface area contributed by atoms with Crippen molar-refractivity contribution >= 4 is 11.6 Å². The molecule has 0 radical (unpaired) electrons. The first-order chi connectivity index (χ1) is 14.2. The summed E-state index contributed by atoms with van der Waals surface area (Å²) >= 11 is 0. The van der Waals surface area contributed by atoms with E-state index >= 15 is 0 Å². The Hall–Kier alpha value is -4.27. The molecule has 0 atom stereocenters. The van der Waals surface area contributed by atoms with Gasteiger partial charge in [0.1, 0.15) is 6.54 Å². The molecule has 2 heterocycles. The summed E-state index contributed by atoms with van der Waals surface area (Å²) < 4.78 is 1.89. The summed E-state index contributed by atoms with van der Waals surface area (Å²) in [5.74, 6) is 0.180. The zero-order chi connectivity index (χ0) is 20.1. The molecule has 2 aromatic carbocycles. The third-order valence-corrected chi connectivity index (χ3v) is 4.18. The van der Waals surface area contributed by atoms with Gasteiger partial charge in [-0.1, -0.05) is 30.3 Å². The second-order valence-electron chi connectivity index (χ2n) is 6.05. The van der Waals surface area contributed by atoms with Crippen molar-refractivity contribution in [3.8, 4) is 16.9 Å². The minimum absolute atomic E-state index is 0.0464. The first-order valence-corrected chi connectivity index (χ1v) is 8.74. The fourth-order valence-electron chi connectivity index (χ4n) is 2.79. The van der Waals surface area contributed by atoms with E-state index in [2.05, 4.69) is 25.4 Å². The topological polar surface area (TPSA) is 111 Å². The highest BCUT2D eigenvalue weighted by atomic mass is 16.6. The summed E-state index contributed by atoms with van der Waals surface area (Å²) in [5.41, 5.74) is 3.31. The summed E-state index contributed by atoms with van der Waals surface area (Å²) in [5, 5.41) is 26.9. The lowest BCUT2D eigenvalue weighted by atomic mass is 10.2. The molecule has 0 aliphatic carbocycles. The summed E-state index contributed by atoms with van der Waals surface area (Å²) in [7, 11) is 0. The van der Waals surface area contributed by atoms with Gasteiger partial charge < -0.3 is 4.57 Å². The van der Waals surface area contributed by atoms with Crippen molar-refractivity contribution in [3.63, 3.8) is 0 Å². The normalized spacial score (nSPS) is 11.0. The second kappa shape index (κ2) is 8.17. The van der Waals surface area contributed by atoms with Gasteiger partial charge in [-0.05, 0) is 24.3 Å². The van der Waals surface area contributed by atoms with Crippen LogP contribution in [0.5, 0.6) is 0 Å². The van der Waals surface area contributed by atoms with Crippen molar-refractivity contribution in [1.82, 2.24) is 19.7 Å². The molecule has 9 heteroatoms. The average Bonchev–Trinajstić information content (AvgIpc) is 3.23. The van der Waals surface area contributed by atoms with Crippen LogP contribution < -0.4 is 0 Å². The summed E-state index contributed by atoms with van der Waals surface area (Å²) in [6.45, 7) is 0.295. The summed E-state index contributed by atoms with van der Waals surface area (Å²) in [4.78, 5) is 14.8. The van der Waals surface area contributed by atoms with Gasteiger partial charge in [-0.2, -0.15) is 10.2 Å². The predicted octanol–water partition coefficient (Wildman–Crippen LogP) is 4.52. The first-order valence-electron chi connectivity index (χ1n) is 8.74. The van der Waals surface area contributed by atoms with E-state index in [0.717, 1.165) is 16.9 Å². The number of rotatable bonds is 6. The van der Waals surface area contributed by atoms with E-state index in [1.807, 2.05) is 53.2 Å². The van der Waals surface area contributed by atoms with Crippen LogP contribution in [0.2, 0.25) is 0 Å². The van der Waals surface area contributed by atoms with E-state index in [9.17, 15) is 10.1 Å². The number of hydrogen-bond donors (Lipinski definition) is 0. The van der Waals surface area contributed by atoms with Crippen LogP contribution in [0.3, 0.4) is 0 Å². The fraction of sp³-hybridized carbons (Fsp3) is 0.0500. The molecule has 0 unspecified atom stereocenters. The van der Waals surface area contributed by atoms with Crippen LogP contribution in [0.1, 0.15) is 5.69 Å². The van der Waals surface area contributed by atoms with Crippen molar-refractivity contribution in [1.29, 1.82) is 0 Å². The maximum atomic E-state index is 10.8. The molecule has 142 valence electrons. The molecule has 0 N–H and O–H groups in total. The number of nitro benzene ring substituents is 1. The maximum Gasteiger partial charge on any atom is 0.287 e. The number of benzene rings is 2. The van der Waals surface area contributed by atoms with Crippen LogP contribution >= 0.6 is 0 Å². The Kier molecular flexibility index (Phi) is 5.10. The van der Waals surface area contributed by atoms with E-state index in [1.165, 1.54) is 12.1 Å². The van der Waals surface area contributed by atoms with Crippen LogP contribution in [-0.4, -0.2) is 24.7 Å². The number of azo groups is 1. The maximum absolute atomic E-state index is 10.8. The van der Waals surface area contributed by atoms with Crippen molar-refractivity contribution < 1.29 is 4.92 Å². The third-order valence-electron chi connectivity index (χ3n) is 4.18. The van der Waals surface area contributed by atoms with Gasteiger partial charge in [-0.15, -0.1) is 10.2 Å². The van der Waals surface area contributed by atoms with Crippen molar-refractivity contribution in [3.05, 3.63) is 94.9 Å². The molecule has 9 nitrogen and oxygen atoms in total. The molecular formula is C20H15N7O2. The monoisotopic (exact) mass is 385 g/mol. The summed E-state index contributed by atoms with van der Waals surface area (Å²) in [6.07, 6.45) is 3.44. The molecule has 0 saturated heterocycles. The zero-order valence-electron chi connectivity index (χ0n) is 15.2. The van der Waals surface area contributed by atoms with Gasteiger partial charge in [0, 0.05) is 35.3 Å². The summed E-state index contributed by atoms with van der Waals surface area (Å²) in [6, 6.07) is 19.7. The minimum Gasteiger partial charge on any atom is -0.319 e. The Bertz CT molecular complexity index is 1150. The van der Waals surface area contributed by atoms with Gasteiger partial charge in [-0.25, -0.2) is 4.98 Å². The molecule has 0 saturated carbocycles. The SMILES string of the molecule is O=[N+]([O-])c1ccc(-n2cccc2CN=Nc2nncc(-c3ccccc3)n2)cc1. The molecule has 29 heavy (non-hydrogen) atoms. The van der Waals surface area contributed by atoms with Crippen LogP contribution in [0.4, 0.5) is 11.6 Å². The highest BCUT2D eigenvalue weighted by molar-refractivity contribution is 5.58. The largest absolute Gasteiger partial charge is 0.319 e. The van der Waals surface area contributed by atoms with Crippen LogP contribution in [0.15, 0.2) is 89.4 Å². The Balaban J connectivity index is 1.50. The molecule has 2 aromatic heterocycles. The molecule has 0 amide bonds. The van der Waals surface area contributed by atoms with Crippen LogP contribution in [0.25, 0.3) is 16.9 Å². The number of hydrogen-bond acceptors (Lipinski definition) is 7. The lowest BCUT2D eigenvalue weighted by Crippen LogP contribution is -1.98. The molecular weight excluding hydrogens is 370 g/mol. The van der Waals surface area contributed by atoms with E-state index in [-0.39, 0.29) is 11.6 Å². The average molecular weight is 385 g/mol. The highest BCUT2D eigenvalue weighted by Crippen LogP contribution is 2.19. The molecule has 0 spiro atoms. The Labute approximate surface area is 165 Å². The second-order valence-corrected chi connectivity index (χ2v) is 6.05. The van der Waals surface area contributed by atoms with Gasteiger partial charge in [0.25, 0.3) is 11.6 Å². The predicted molar refractivity (Wildman–Crippen MR) is 106 cm³/mol. The van der Waals surface area contributed by atoms with E-state index in [1.54, 1.807) is 18.3 Å². The Morgan fingerprint density at radius 3 is 2.55 bits per heavy atom. The molecule has 0 fully saturated rings. The van der Waals surface area contributed by atoms with Gasteiger partial charge in [0.2, 0.25) is 0 Å². The zero-order valence-corrected chi connectivity index (χ0v) is 15.2. The molecule has 0 aliphatic heterocycles. The number of aromatic nitrogens is 4. The number of non-ortho nitro benzene ring substituents is 1. The van der Waals surface area contributed by atoms with Crippen molar-refractivity contribution in [2.45, 2.75) is 6.54 Å². The molecule has 4 aromatic rings. The lowest BCUT2D eigenvalue weighted by Gasteiger charge is -2.07. The molecule has 0 aliphatic rings. The van der Waals surface area contributed by atoms with Crippen molar-refractivity contribution in [2.75, 3.05) is 0 Å². The van der Waals surface area contributed by atoms with Gasteiger partial charge in [-0.3, -0.25) is 10.1 Å². The lowest BCUT2D eigenvalue weighted by molar-refractivity contribution is -0.384.